The van der Waals surface area contributed by atoms with E-state index in [-0.39, 0.29) is 11.7 Å². The normalized spacial score (nSPS) is 10.5. The second-order valence-corrected chi connectivity index (χ2v) is 3.86. The fourth-order valence-electron chi connectivity index (χ4n) is 1.44. The molecule has 17 heavy (non-hydrogen) atoms. The smallest absolute Gasteiger partial charge is 0.293 e. The number of hydrogen-bond acceptors (Lipinski definition) is 4. The molecule has 2 heterocycles. The van der Waals surface area contributed by atoms with Gasteiger partial charge in [-0.25, -0.2) is 9.97 Å². The highest BCUT2D eigenvalue weighted by Gasteiger charge is 2.17. The first-order chi connectivity index (χ1) is 8.08. The first kappa shape index (κ1) is 11.3. The van der Waals surface area contributed by atoms with E-state index in [0.29, 0.717) is 12.4 Å². The van der Waals surface area contributed by atoms with E-state index in [1.165, 1.54) is 4.90 Å². The lowest BCUT2D eigenvalue weighted by atomic mass is 10.4. The van der Waals surface area contributed by atoms with Gasteiger partial charge in [-0.1, -0.05) is 0 Å². The van der Waals surface area contributed by atoms with Gasteiger partial charge in [-0.15, -0.1) is 5.10 Å². The zero-order valence-electron chi connectivity index (χ0n) is 10.0. The standard InChI is InChI=1S/C10H14N6O/c1-7-12-9(14-13-7)10(17)16(3)6-8-11-4-5-15(8)2/h4-5H,6H2,1-3H3,(H,12,13,14). The van der Waals surface area contributed by atoms with Crippen molar-refractivity contribution in [3.8, 4) is 0 Å². The van der Waals surface area contributed by atoms with Gasteiger partial charge in [0.05, 0.1) is 6.54 Å². The van der Waals surface area contributed by atoms with E-state index in [1.54, 1.807) is 20.2 Å². The molecule has 0 fully saturated rings. The molecule has 2 aromatic rings. The molecule has 0 aliphatic heterocycles. The van der Waals surface area contributed by atoms with E-state index in [9.17, 15) is 4.79 Å². The van der Waals surface area contributed by atoms with E-state index >= 15 is 0 Å². The van der Waals surface area contributed by atoms with Crippen LogP contribution >= 0.6 is 0 Å². The van der Waals surface area contributed by atoms with Gasteiger partial charge in [0.1, 0.15) is 11.6 Å². The van der Waals surface area contributed by atoms with Crippen LogP contribution in [0.5, 0.6) is 0 Å². The second-order valence-electron chi connectivity index (χ2n) is 3.86. The molecule has 0 saturated carbocycles. The lowest BCUT2D eigenvalue weighted by molar-refractivity contribution is 0.0769. The maximum absolute atomic E-state index is 11.9. The summed E-state index contributed by atoms with van der Waals surface area (Å²) in [5, 5.41) is 6.48. The molecule has 0 unspecified atom stereocenters. The molecule has 0 saturated heterocycles. The number of carbonyl (C=O) groups is 1. The number of aromatic amines is 1. The minimum Gasteiger partial charge on any atom is -0.337 e. The molecule has 0 aliphatic carbocycles. The molecule has 0 aliphatic rings. The van der Waals surface area contributed by atoms with Gasteiger partial charge in [0.2, 0.25) is 5.82 Å². The summed E-state index contributed by atoms with van der Waals surface area (Å²) in [6, 6.07) is 0. The van der Waals surface area contributed by atoms with Crippen molar-refractivity contribution in [2.75, 3.05) is 7.05 Å². The maximum Gasteiger partial charge on any atom is 0.293 e. The van der Waals surface area contributed by atoms with Crippen LogP contribution in [-0.2, 0) is 13.6 Å². The molecule has 2 aromatic heterocycles. The van der Waals surface area contributed by atoms with Crippen LogP contribution in [0.25, 0.3) is 0 Å². The lowest BCUT2D eigenvalue weighted by Crippen LogP contribution is -2.28. The van der Waals surface area contributed by atoms with Gasteiger partial charge >= 0.3 is 0 Å². The predicted octanol–water partition coefficient (Wildman–Crippen LogP) is 0.119. The van der Waals surface area contributed by atoms with Crippen LogP contribution in [0, 0.1) is 6.92 Å². The highest BCUT2D eigenvalue weighted by atomic mass is 16.2. The van der Waals surface area contributed by atoms with Crippen molar-refractivity contribution in [1.29, 1.82) is 0 Å². The van der Waals surface area contributed by atoms with Crippen molar-refractivity contribution in [3.05, 3.63) is 29.9 Å². The summed E-state index contributed by atoms with van der Waals surface area (Å²) >= 11 is 0. The van der Waals surface area contributed by atoms with Gasteiger partial charge in [0.25, 0.3) is 5.91 Å². The minimum atomic E-state index is -0.225. The molecule has 7 nitrogen and oxygen atoms in total. The molecule has 1 amide bonds. The largest absolute Gasteiger partial charge is 0.337 e. The van der Waals surface area contributed by atoms with Gasteiger partial charge in [-0.2, -0.15) is 0 Å². The Morgan fingerprint density at radius 2 is 2.35 bits per heavy atom. The number of H-pyrrole nitrogens is 1. The van der Waals surface area contributed by atoms with Crippen molar-refractivity contribution in [2.24, 2.45) is 7.05 Å². The minimum absolute atomic E-state index is 0.180. The van der Waals surface area contributed by atoms with Crippen LogP contribution in [0.2, 0.25) is 0 Å². The molecule has 0 bridgehead atoms. The maximum atomic E-state index is 11.9. The Labute approximate surface area is 98.5 Å². The first-order valence-corrected chi connectivity index (χ1v) is 5.18. The van der Waals surface area contributed by atoms with Crippen molar-refractivity contribution < 1.29 is 4.79 Å². The van der Waals surface area contributed by atoms with Crippen molar-refractivity contribution in [2.45, 2.75) is 13.5 Å². The molecule has 0 spiro atoms. The quantitative estimate of drug-likeness (QED) is 0.818. The third-order valence-corrected chi connectivity index (χ3v) is 2.43. The molecular weight excluding hydrogens is 220 g/mol. The fourth-order valence-corrected chi connectivity index (χ4v) is 1.44. The SMILES string of the molecule is Cc1nc(C(=O)N(C)Cc2nccn2C)n[nH]1. The highest BCUT2D eigenvalue weighted by Crippen LogP contribution is 2.03. The summed E-state index contributed by atoms with van der Waals surface area (Å²) < 4.78 is 1.87. The number of nitrogens with one attached hydrogen (secondary N) is 1. The number of rotatable bonds is 3. The Morgan fingerprint density at radius 1 is 1.59 bits per heavy atom. The summed E-state index contributed by atoms with van der Waals surface area (Å²) in [4.78, 5) is 21.6. The molecule has 0 radical (unpaired) electrons. The van der Waals surface area contributed by atoms with Gasteiger partial charge < -0.3 is 9.47 Å². The van der Waals surface area contributed by atoms with Gasteiger partial charge in [-0.05, 0) is 6.92 Å². The summed E-state index contributed by atoms with van der Waals surface area (Å²) in [5.41, 5.74) is 0. The molecule has 7 heteroatoms. The van der Waals surface area contributed by atoms with Gasteiger partial charge in [0, 0.05) is 26.5 Å². The number of nitrogens with zero attached hydrogens (tertiary/aromatic N) is 5. The molecule has 0 atom stereocenters. The zero-order valence-corrected chi connectivity index (χ0v) is 10.0. The van der Waals surface area contributed by atoms with Crippen LogP contribution in [-0.4, -0.2) is 42.6 Å². The third-order valence-electron chi connectivity index (χ3n) is 2.43. The van der Waals surface area contributed by atoms with Crippen LogP contribution < -0.4 is 0 Å². The van der Waals surface area contributed by atoms with E-state index in [0.717, 1.165) is 5.82 Å². The van der Waals surface area contributed by atoms with Crippen LogP contribution in [0.15, 0.2) is 12.4 Å². The number of aryl methyl sites for hydroxylation is 2. The van der Waals surface area contributed by atoms with Crippen molar-refractivity contribution in [3.63, 3.8) is 0 Å². The van der Waals surface area contributed by atoms with Crippen molar-refractivity contribution >= 4 is 5.91 Å². The molecule has 0 aromatic carbocycles. The summed E-state index contributed by atoms with van der Waals surface area (Å²) in [7, 11) is 3.58. The highest BCUT2D eigenvalue weighted by molar-refractivity contribution is 5.90. The molecule has 90 valence electrons. The van der Waals surface area contributed by atoms with E-state index in [1.807, 2.05) is 17.8 Å². The Balaban J connectivity index is 2.08. The number of amides is 1. The van der Waals surface area contributed by atoms with E-state index < -0.39 is 0 Å². The Morgan fingerprint density at radius 3 is 2.88 bits per heavy atom. The average molecular weight is 234 g/mol. The third kappa shape index (κ3) is 2.32. The Bertz CT molecular complexity index is 528. The van der Waals surface area contributed by atoms with Crippen LogP contribution in [0.4, 0.5) is 0 Å². The lowest BCUT2D eigenvalue weighted by Gasteiger charge is -2.14. The summed E-state index contributed by atoms with van der Waals surface area (Å²) in [6.07, 6.45) is 3.54. The monoisotopic (exact) mass is 234 g/mol. The molecule has 2 rings (SSSR count). The van der Waals surface area contributed by atoms with E-state index in [2.05, 4.69) is 20.2 Å². The topological polar surface area (TPSA) is 79.7 Å². The Hall–Kier alpha value is -2.18. The average Bonchev–Trinajstić information content (AvgIpc) is 2.88. The van der Waals surface area contributed by atoms with Crippen molar-refractivity contribution in [1.82, 2.24) is 29.6 Å². The van der Waals surface area contributed by atoms with Gasteiger partial charge in [-0.3, -0.25) is 9.89 Å². The van der Waals surface area contributed by atoms with E-state index in [4.69, 9.17) is 0 Å². The fraction of sp³-hybridized carbons (Fsp3) is 0.400. The number of aromatic nitrogens is 5. The molecule has 1 N–H and O–H groups in total. The number of imidazole rings is 1. The number of carbonyl (C=O) groups excluding carboxylic acids is 1. The van der Waals surface area contributed by atoms with Crippen LogP contribution in [0.1, 0.15) is 22.3 Å². The first-order valence-electron chi connectivity index (χ1n) is 5.18. The van der Waals surface area contributed by atoms with Gasteiger partial charge in [0.15, 0.2) is 0 Å². The molecular formula is C10H14N6O. The van der Waals surface area contributed by atoms with Crippen LogP contribution in [0.3, 0.4) is 0 Å². The summed E-state index contributed by atoms with van der Waals surface area (Å²) in [6.45, 7) is 2.18. The predicted molar refractivity (Wildman–Crippen MR) is 60.1 cm³/mol. The Kier molecular flexibility index (Phi) is 2.90. The zero-order chi connectivity index (χ0) is 12.4. The number of hydrogen-bond donors (Lipinski definition) is 1. The summed E-state index contributed by atoms with van der Waals surface area (Å²) in [5.74, 6) is 1.39. The second kappa shape index (κ2) is 4.36.